The maximum Gasteiger partial charge on any atom is 0.175 e. The molecule has 34 heavy (non-hydrogen) atoms. The second-order valence-electron chi connectivity index (χ2n) is 10.4. The first kappa shape index (κ1) is 24.6. The Bertz CT molecular complexity index is 1270. The maximum atomic E-state index is 11.9. The molecule has 1 aliphatic carbocycles. The van der Waals surface area contributed by atoms with Crippen molar-refractivity contribution in [1.82, 2.24) is 4.57 Å². The average molecular weight is 486 g/mol. The van der Waals surface area contributed by atoms with E-state index in [2.05, 4.69) is 29.1 Å². The molecule has 4 rings (SSSR count). The third-order valence-corrected chi connectivity index (χ3v) is 7.39. The first-order valence-electron chi connectivity index (χ1n) is 11.9. The molecule has 1 saturated carbocycles. The predicted molar refractivity (Wildman–Crippen MR) is 135 cm³/mol. The van der Waals surface area contributed by atoms with Gasteiger partial charge < -0.3 is 19.1 Å². The van der Waals surface area contributed by atoms with Crippen molar-refractivity contribution in [2.75, 3.05) is 19.5 Å². The van der Waals surface area contributed by atoms with Crippen LogP contribution in [-0.2, 0) is 21.8 Å². The number of sulfone groups is 1. The van der Waals surface area contributed by atoms with Crippen LogP contribution in [0.15, 0.2) is 53.7 Å². The van der Waals surface area contributed by atoms with E-state index in [0.29, 0.717) is 23.7 Å². The molecule has 0 amide bonds. The van der Waals surface area contributed by atoms with Gasteiger partial charge in [0.1, 0.15) is 5.60 Å². The highest BCUT2D eigenvalue weighted by Crippen LogP contribution is 2.48. The van der Waals surface area contributed by atoms with Gasteiger partial charge in [0, 0.05) is 42.6 Å². The molecule has 0 atom stereocenters. The number of aromatic nitrogens is 1. The van der Waals surface area contributed by atoms with Crippen molar-refractivity contribution in [2.24, 2.45) is 0 Å². The third-order valence-electron chi connectivity index (χ3n) is 6.28. The summed E-state index contributed by atoms with van der Waals surface area (Å²) in [7, 11) is -3.22. The molecule has 0 bridgehead atoms. The van der Waals surface area contributed by atoms with E-state index in [4.69, 9.17) is 14.6 Å². The van der Waals surface area contributed by atoms with Crippen LogP contribution < -0.4 is 9.47 Å². The van der Waals surface area contributed by atoms with Crippen LogP contribution in [0.1, 0.15) is 52.0 Å². The molecule has 0 saturated heterocycles. The summed E-state index contributed by atoms with van der Waals surface area (Å²) in [5.41, 5.74) is 0.920. The molecule has 1 N–H and O–H groups in total. The molecule has 0 aliphatic heterocycles. The Balaban J connectivity index is 1.51. The molecule has 0 unspecified atom stereocenters. The molecular weight excluding hydrogens is 450 g/mol. The van der Waals surface area contributed by atoms with Gasteiger partial charge in [-0.1, -0.05) is 12.1 Å². The third kappa shape index (κ3) is 5.76. The Morgan fingerprint density at radius 1 is 1.03 bits per heavy atom. The molecular formula is C27H35NO5S. The van der Waals surface area contributed by atoms with E-state index in [1.54, 1.807) is 12.1 Å². The van der Waals surface area contributed by atoms with E-state index >= 15 is 0 Å². The van der Waals surface area contributed by atoms with Crippen LogP contribution in [-0.4, -0.2) is 43.2 Å². The molecule has 2 aromatic carbocycles. The molecule has 0 radical (unpaired) electrons. The highest BCUT2D eigenvalue weighted by atomic mass is 32.2. The Morgan fingerprint density at radius 2 is 1.76 bits per heavy atom. The lowest BCUT2D eigenvalue weighted by molar-refractivity contribution is 0.122. The van der Waals surface area contributed by atoms with Crippen molar-refractivity contribution in [3.8, 4) is 11.5 Å². The number of fused-ring (bicyclic) bond motifs is 1. The fourth-order valence-electron chi connectivity index (χ4n) is 4.27. The van der Waals surface area contributed by atoms with Gasteiger partial charge in [0.05, 0.1) is 11.5 Å². The Kier molecular flexibility index (Phi) is 6.71. The van der Waals surface area contributed by atoms with E-state index < -0.39 is 9.84 Å². The minimum absolute atomic E-state index is 0.0750. The second kappa shape index (κ2) is 9.27. The SMILES string of the molecule is CC(C)(C)Oc1cc(CCC2(n3cc4ccc(S(C)(=O)=O)cc4c3)CC2)ccc1OCCCO. The number of hydrogen-bond acceptors (Lipinski definition) is 5. The van der Waals surface area contributed by atoms with Gasteiger partial charge in [-0.3, -0.25) is 0 Å². The smallest absolute Gasteiger partial charge is 0.175 e. The number of benzene rings is 2. The molecule has 6 nitrogen and oxygen atoms in total. The number of nitrogens with zero attached hydrogens (tertiary/aromatic N) is 1. The lowest BCUT2D eigenvalue weighted by Crippen LogP contribution is -2.23. The van der Waals surface area contributed by atoms with Crippen molar-refractivity contribution in [2.45, 2.75) is 68.9 Å². The normalized spacial score (nSPS) is 15.4. The first-order chi connectivity index (χ1) is 16.0. The summed E-state index contributed by atoms with van der Waals surface area (Å²) in [5, 5.41) is 11.1. The van der Waals surface area contributed by atoms with Gasteiger partial charge in [-0.05, 0) is 81.7 Å². The van der Waals surface area contributed by atoms with Gasteiger partial charge in [-0.2, -0.15) is 0 Å². The number of hydrogen-bond donors (Lipinski definition) is 1. The van der Waals surface area contributed by atoms with Crippen molar-refractivity contribution in [3.05, 3.63) is 54.4 Å². The highest BCUT2D eigenvalue weighted by Gasteiger charge is 2.43. The molecule has 1 heterocycles. The fourth-order valence-corrected chi connectivity index (χ4v) is 4.92. The molecule has 3 aromatic rings. The van der Waals surface area contributed by atoms with Gasteiger partial charge in [-0.15, -0.1) is 0 Å². The van der Waals surface area contributed by atoms with Crippen LogP contribution in [0.25, 0.3) is 10.8 Å². The van der Waals surface area contributed by atoms with Crippen LogP contribution >= 0.6 is 0 Å². The molecule has 0 spiro atoms. The van der Waals surface area contributed by atoms with Crippen molar-refractivity contribution < 1.29 is 23.0 Å². The molecule has 1 aliphatic rings. The zero-order valence-corrected chi connectivity index (χ0v) is 21.3. The number of aryl methyl sites for hydroxylation is 1. The summed E-state index contributed by atoms with van der Waals surface area (Å²) in [6.07, 6.45) is 10.2. The fraction of sp³-hybridized carbons (Fsp3) is 0.481. The molecule has 1 fully saturated rings. The van der Waals surface area contributed by atoms with E-state index in [1.165, 1.54) is 11.8 Å². The minimum Gasteiger partial charge on any atom is -0.490 e. The van der Waals surface area contributed by atoms with Crippen LogP contribution in [0.2, 0.25) is 0 Å². The van der Waals surface area contributed by atoms with E-state index in [0.717, 1.165) is 42.2 Å². The number of aliphatic hydroxyl groups excluding tert-OH is 1. The number of rotatable bonds is 10. The number of aliphatic hydroxyl groups is 1. The Morgan fingerprint density at radius 3 is 2.41 bits per heavy atom. The standard InChI is InChI=1S/C27H35NO5S/c1-26(2,3)33-25-16-20(6-9-24(25)32-15-5-14-29)10-11-27(12-13-27)28-18-21-7-8-23(34(4,30)31)17-22(21)19-28/h6-9,16-19,29H,5,10-15H2,1-4H3. The monoisotopic (exact) mass is 485 g/mol. The predicted octanol–water partition coefficient (Wildman–Crippen LogP) is 5.11. The van der Waals surface area contributed by atoms with Gasteiger partial charge in [-0.25, -0.2) is 8.42 Å². The maximum absolute atomic E-state index is 11.9. The second-order valence-corrected chi connectivity index (χ2v) is 12.4. The van der Waals surface area contributed by atoms with Crippen molar-refractivity contribution in [1.29, 1.82) is 0 Å². The number of ether oxygens (including phenoxy) is 2. The molecule has 184 valence electrons. The van der Waals surface area contributed by atoms with Gasteiger partial charge >= 0.3 is 0 Å². The van der Waals surface area contributed by atoms with Crippen molar-refractivity contribution >= 4 is 20.6 Å². The van der Waals surface area contributed by atoms with E-state index in [9.17, 15) is 8.42 Å². The summed E-state index contributed by atoms with van der Waals surface area (Å²) in [6, 6.07) is 11.5. The van der Waals surface area contributed by atoms with Gasteiger partial charge in [0.25, 0.3) is 0 Å². The van der Waals surface area contributed by atoms with Gasteiger partial charge in [0.2, 0.25) is 0 Å². The Labute approximate surface area is 202 Å². The largest absolute Gasteiger partial charge is 0.490 e. The summed E-state index contributed by atoms with van der Waals surface area (Å²) < 4.78 is 38.1. The van der Waals surface area contributed by atoms with Crippen molar-refractivity contribution in [3.63, 3.8) is 0 Å². The molecule has 7 heteroatoms. The summed E-state index contributed by atoms with van der Waals surface area (Å²) in [6.45, 7) is 6.59. The molecule has 1 aromatic heterocycles. The minimum atomic E-state index is -3.22. The summed E-state index contributed by atoms with van der Waals surface area (Å²) in [4.78, 5) is 0.357. The van der Waals surface area contributed by atoms with Crippen LogP contribution in [0.5, 0.6) is 11.5 Å². The highest BCUT2D eigenvalue weighted by molar-refractivity contribution is 7.90. The van der Waals surface area contributed by atoms with E-state index in [1.807, 2.05) is 32.9 Å². The lowest BCUT2D eigenvalue weighted by atomic mass is 10.0. The van der Waals surface area contributed by atoms with E-state index in [-0.39, 0.29) is 17.7 Å². The van der Waals surface area contributed by atoms with Gasteiger partial charge in [0.15, 0.2) is 21.3 Å². The topological polar surface area (TPSA) is 77.8 Å². The average Bonchev–Trinajstić information content (AvgIpc) is 3.42. The first-order valence-corrected chi connectivity index (χ1v) is 13.8. The summed E-state index contributed by atoms with van der Waals surface area (Å²) >= 11 is 0. The van der Waals surface area contributed by atoms with Crippen LogP contribution in [0, 0.1) is 0 Å². The zero-order valence-electron chi connectivity index (χ0n) is 20.5. The van der Waals surface area contributed by atoms with Crippen LogP contribution in [0.4, 0.5) is 0 Å². The zero-order chi connectivity index (χ0) is 24.6. The van der Waals surface area contributed by atoms with Crippen LogP contribution in [0.3, 0.4) is 0 Å². The quantitative estimate of drug-likeness (QED) is 0.404. The Hall–Kier alpha value is -2.51. The lowest BCUT2D eigenvalue weighted by Gasteiger charge is -2.24. The summed E-state index contributed by atoms with van der Waals surface area (Å²) in [5.74, 6) is 1.43.